The number of nitrogens with one attached hydrogen (secondary N) is 1. The van der Waals surface area contributed by atoms with Gasteiger partial charge in [-0.1, -0.05) is 30.3 Å². The Hall–Kier alpha value is -3.40. The molecule has 1 aromatic heterocycles. The molecule has 0 aliphatic carbocycles. The molecule has 2 amide bonds. The van der Waals surface area contributed by atoms with Crippen LogP contribution in [-0.2, 0) is 16.0 Å². The molecule has 7 heteroatoms. The van der Waals surface area contributed by atoms with Crippen LogP contribution in [0.1, 0.15) is 17.0 Å². The fraction of sp³-hybridized carbons (Fsp3) is 0.222. The van der Waals surface area contributed by atoms with Crippen molar-refractivity contribution in [2.45, 2.75) is 12.5 Å². The van der Waals surface area contributed by atoms with Gasteiger partial charge in [0.25, 0.3) is 5.91 Å². The van der Waals surface area contributed by atoms with Crippen LogP contribution in [0.3, 0.4) is 0 Å². The molecule has 3 rings (SSSR count). The first-order valence-electron chi connectivity index (χ1n) is 7.76. The van der Waals surface area contributed by atoms with Crippen molar-refractivity contribution in [2.24, 2.45) is 0 Å². The number of amides is 2. The van der Waals surface area contributed by atoms with E-state index >= 15 is 0 Å². The van der Waals surface area contributed by atoms with Gasteiger partial charge in [0.05, 0.1) is 12.0 Å². The van der Waals surface area contributed by atoms with Gasteiger partial charge in [-0.15, -0.1) is 0 Å². The molecule has 1 N–H and O–H groups in total. The van der Waals surface area contributed by atoms with Crippen molar-refractivity contribution in [3.63, 3.8) is 0 Å². The van der Waals surface area contributed by atoms with E-state index < -0.39 is 6.04 Å². The Kier molecular flexibility index (Phi) is 4.35. The van der Waals surface area contributed by atoms with Gasteiger partial charge >= 0.3 is 0 Å². The third kappa shape index (κ3) is 3.02. The summed E-state index contributed by atoms with van der Waals surface area (Å²) in [5.41, 5.74) is 1.77. The van der Waals surface area contributed by atoms with E-state index in [2.05, 4.69) is 9.97 Å². The van der Waals surface area contributed by atoms with Crippen molar-refractivity contribution in [2.75, 3.05) is 14.1 Å². The number of imidazole rings is 1. The van der Waals surface area contributed by atoms with E-state index in [1.54, 1.807) is 14.1 Å². The molecule has 1 aromatic carbocycles. The highest BCUT2D eigenvalue weighted by Crippen LogP contribution is 2.23. The van der Waals surface area contributed by atoms with Crippen molar-refractivity contribution >= 4 is 17.9 Å². The standard InChI is InChI=1S/C18H17N5O2/c1-22-15(8-12-6-4-3-5-7-12)17(24)23(2)16(18(22)25)9-13-14(10-19)21-11-20-13/h3-7,9,11,15H,8H2,1-2H3,(H,20,21)/b16-9+. The fourth-order valence-electron chi connectivity index (χ4n) is 2.83. The average molecular weight is 335 g/mol. The minimum atomic E-state index is -0.561. The number of aromatic nitrogens is 2. The van der Waals surface area contributed by atoms with E-state index in [4.69, 9.17) is 5.26 Å². The zero-order valence-electron chi connectivity index (χ0n) is 13.9. The quantitative estimate of drug-likeness (QED) is 0.852. The van der Waals surface area contributed by atoms with Crippen LogP contribution < -0.4 is 0 Å². The second kappa shape index (κ2) is 6.61. The molecule has 2 aromatic rings. The maximum Gasteiger partial charge on any atom is 0.271 e. The molecule has 1 atom stereocenters. The minimum Gasteiger partial charge on any atom is -0.344 e. The van der Waals surface area contributed by atoms with Gasteiger partial charge in [-0.05, 0) is 11.6 Å². The van der Waals surface area contributed by atoms with Crippen molar-refractivity contribution in [3.05, 3.63) is 59.3 Å². The topological polar surface area (TPSA) is 93.1 Å². The molecular formula is C18H17N5O2. The van der Waals surface area contributed by atoms with Crippen LogP contribution in [0.2, 0.25) is 0 Å². The SMILES string of the molecule is CN1C(=O)C(Cc2ccccc2)N(C)C(=O)/C1=C\c1[nH]cnc1C#N. The third-order valence-corrected chi connectivity index (χ3v) is 4.31. The second-order valence-corrected chi connectivity index (χ2v) is 5.83. The number of benzene rings is 1. The lowest BCUT2D eigenvalue weighted by Gasteiger charge is -2.38. The molecule has 1 fully saturated rings. The molecule has 1 aliphatic heterocycles. The maximum atomic E-state index is 12.8. The molecule has 7 nitrogen and oxygen atoms in total. The number of rotatable bonds is 3. The van der Waals surface area contributed by atoms with E-state index in [0.29, 0.717) is 12.1 Å². The summed E-state index contributed by atoms with van der Waals surface area (Å²) in [6, 6.07) is 11.0. The highest BCUT2D eigenvalue weighted by molar-refractivity contribution is 6.07. The normalized spacial score (nSPS) is 19.4. The molecule has 1 aliphatic rings. The van der Waals surface area contributed by atoms with Crippen LogP contribution in [0.4, 0.5) is 0 Å². The maximum absolute atomic E-state index is 12.8. The molecule has 25 heavy (non-hydrogen) atoms. The Balaban J connectivity index is 1.91. The van der Waals surface area contributed by atoms with E-state index in [0.717, 1.165) is 5.56 Å². The van der Waals surface area contributed by atoms with Crippen LogP contribution in [0, 0.1) is 11.3 Å². The zero-order valence-corrected chi connectivity index (χ0v) is 13.9. The van der Waals surface area contributed by atoms with Crippen LogP contribution >= 0.6 is 0 Å². The van der Waals surface area contributed by atoms with Crippen LogP contribution in [0.5, 0.6) is 0 Å². The van der Waals surface area contributed by atoms with Gasteiger partial charge in [0.2, 0.25) is 5.91 Å². The van der Waals surface area contributed by atoms with Gasteiger partial charge in [-0.2, -0.15) is 5.26 Å². The van der Waals surface area contributed by atoms with E-state index in [1.165, 1.54) is 22.2 Å². The summed E-state index contributed by atoms with van der Waals surface area (Å²) in [7, 11) is 3.19. The number of nitriles is 1. The Morgan fingerprint density at radius 1 is 1.28 bits per heavy atom. The Bertz CT molecular complexity index is 878. The average Bonchev–Trinajstić information content (AvgIpc) is 3.09. The number of carbonyl (C=O) groups is 2. The highest BCUT2D eigenvalue weighted by Gasteiger charge is 2.39. The first kappa shape index (κ1) is 16.5. The summed E-state index contributed by atoms with van der Waals surface area (Å²) in [6.45, 7) is 0. The van der Waals surface area contributed by atoms with E-state index in [-0.39, 0.29) is 23.2 Å². The number of hydrogen-bond donors (Lipinski definition) is 1. The van der Waals surface area contributed by atoms with Gasteiger partial charge in [0, 0.05) is 20.5 Å². The summed E-state index contributed by atoms with van der Waals surface area (Å²) in [4.78, 5) is 35.0. The first-order valence-corrected chi connectivity index (χ1v) is 7.76. The fourth-order valence-corrected chi connectivity index (χ4v) is 2.83. The van der Waals surface area contributed by atoms with Crippen molar-refractivity contribution in [1.82, 2.24) is 19.8 Å². The summed E-state index contributed by atoms with van der Waals surface area (Å²) in [6.07, 6.45) is 3.32. The molecule has 1 saturated heterocycles. The van der Waals surface area contributed by atoms with Gasteiger partial charge in [-0.3, -0.25) is 9.59 Å². The molecule has 0 saturated carbocycles. The predicted octanol–water partition coefficient (Wildman–Crippen LogP) is 1.16. The summed E-state index contributed by atoms with van der Waals surface area (Å²) in [5, 5.41) is 9.04. The van der Waals surface area contributed by atoms with Crippen LogP contribution in [0.15, 0.2) is 42.4 Å². The predicted molar refractivity (Wildman–Crippen MR) is 90.8 cm³/mol. The number of carbonyl (C=O) groups excluding carboxylic acids is 2. The molecular weight excluding hydrogens is 318 g/mol. The second-order valence-electron chi connectivity index (χ2n) is 5.83. The molecule has 1 unspecified atom stereocenters. The smallest absolute Gasteiger partial charge is 0.271 e. The molecule has 0 spiro atoms. The van der Waals surface area contributed by atoms with Gasteiger partial charge in [0.1, 0.15) is 17.8 Å². The molecule has 0 bridgehead atoms. The van der Waals surface area contributed by atoms with E-state index in [9.17, 15) is 9.59 Å². The number of H-pyrrole nitrogens is 1. The molecule has 0 radical (unpaired) electrons. The van der Waals surface area contributed by atoms with Crippen molar-refractivity contribution in [3.8, 4) is 6.07 Å². The van der Waals surface area contributed by atoms with Crippen LogP contribution in [0.25, 0.3) is 6.08 Å². The van der Waals surface area contributed by atoms with E-state index in [1.807, 2.05) is 36.4 Å². The summed E-state index contributed by atoms with van der Waals surface area (Å²) >= 11 is 0. The highest BCUT2D eigenvalue weighted by atomic mass is 16.2. The Labute approximate surface area is 145 Å². The van der Waals surface area contributed by atoms with Gasteiger partial charge < -0.3 is 14.8 Å². The molecule has 126 valence electrons. The number of likely N-dealkylation sites (N-methyl/N-ethyl adjacent to an activating group) is 2. The lowest BCUT2D eigenvalue weighted by atomic mass is 10.0. The van der Waals surface area contributed by atoms with Crippen LogP contribution in [-0.4, -0.2) is 51.7 Å². The minimum absolute atomic E-state index is 0.171. The number of nitrogens with zero attached hydrogens (tertiary/aromatic N) is 4. The lowest BCUT2D eigenvalue weighted by molar-refractivity contribution is -0.148. The Morgan fingerprint density at radius 3 is 2.68 bits per heavy atom. The van der Waals surface area contributed by atoms with Gasteiger partial charge in [0.15, 0.2) is 5.69 Å². The van der Waals surface area contributed by atoms with Crippen molar-refractivity contribution < 1.29 is 9.59 Å². The number of aromatic amines is 1. The third-order valence-electron chi connectivity index (χ3n) is 4.31. The summed E-state index contributed by atoms with van der Waals surface area (Å²) < 4.78 is 0. The monoisotopic (exact) mass is 335 g/mol. The lowest BCUT2D eigenvalue weighted by Crippen LogP contribution is -2.56. The van der Waals surface area contributed by atoms with Crippen molar-refractivity contribution in [1.29, 1.82) is 5.26 Å². The molecule has 2 heterocycles. The number of hydrogen-bond acceptors (Lipinski definition) is 4. The largest absolute Gasteiger partial charge is 0.344 e. The van der Waals surface area contributed by atoms with Gasteiger partial charge in [-0.25, -0.2) is 4.98 Å². The summed E-state index contributed by atoms with van der Waals surface area (Å²) in [5.74, 6) is -0.447. The number of piperazine rings is 1. The zero-order chi connectivity index (χ0) is 18.0. The first-order chi connectivity index (χ1) is 12.0. The Morgan fingerprint density at radius 2 is 2.00 bits per heavy atom.